The lowest BCUT2D eigenvalue weighted by molar-refractivity contribution is -0.144. The van der Waals surface area contributed by atoms with Crippen LogP contribution < -0.4 is 0 Å². The number of carbonyl (C=O) groups is 2. The van der Waals surface area contributed by atoms with E-state index in [1.807, 2.05) is 6.92 Å². The number of carboxylic acids is 1. The summed E-state index contributed by atoms with van der Waals surface area (Å²) in [7, 11) is 3.47. The summed E-state index contributed by atoms with van der Waals surface area (Å²) in [6, 6.07) is 0.166. The van der Waals surface area contributed by atoms with Crippen LogP contribution in [0.15, 0.2) is 0 Å². The summed E-state index contributed by atoms with van der Waals surface area (Å²) in [5.41, 5.74) is 0. The van der Waals surface area contributed by atoms with Gasteiger partial charge >= 0.3 is 5.97 Å². The molecule has 0 aromatic carbocycles. The molecule has 0 bridgehead atoms. The van der Waals surface area contributed by atoms with Gasteiger partial charge in [0.05, 0.1) is 12.5 Å². The van der Waals surface area contributed by atoms with Crippen LogP contribution in [0.3, 0.4) is 0 Å². The molecule has 5 heteroatoms. The highest BCUT2D eigenvalue weighted by Gasteiger charge is 2.30. The van der Waals surface area contributed by atoms with Crippen molar-refractivity contribution in [1.29, 1.82) is 0 Å². The van der Waals surface area contributed by atoms with Crippen molar-refractivity contribution in [2.45, 2.75) is 25.8 Å². The van der Waals surface area contributed by atoms with E-state index in [4.69, 9.17) is 5.11 Å². The lowest BCUT2D eigenvalue weighted by Crippen LogP contribution is -2.47. The molecule has 16 heavy (non-hydrogen) atoms. The molecule has 0 aromatic rings. The number of carboxylic acid groups (broad SMARTS) is 1. The van der Waals surface area contributed by atoms with Crippen molar-refractivity contribution < 1.29 is 14.7 Å². The SMILES string of the molecule is CC1CC(C(=O)O)CCN1CC(=O)N(C)C. The third-order valence-electron chi connectivity index (χ3n) is 3.20. The standard InChI is InChI=1S/C11H20N2O3/c1-8-6-9(11(15)16)4-5-13(8)7-10(14)12(2)3/h8-9H,4-7H2,1-3H3,(H,15,16). The van der Waals surface area contributed by atoms with Crippen molar-refractivity contribution in [3.05, 3.63) is 0 Å². The highest BCUT2D eigenvalue weighted by molar-refractivity contribution is 5.77. The molecule has 0 spiro atoms. The van der Waals surface area contributed by atoms with Crippen LogP contribution in [0.5, 0.6) is 0 Å². The topological polar surface area (TPSA) is 60.9 Å². The molecule has 1 amide bonds. The van der Waals surface area contributed by atoms with Gasteiger partial charge in [0, 0.05) is 20.1 Å². The minimum absolute atomic E-state index is 0.0700. The van der Waals surface area contributed by atoms with Crippen LogP contribution in [0, 0.1) is 5.92 Å². The number of rotatable bonds is 3. The van der Waals surface area contributed by atoms with E-state index in [-0.39, 0.29) is 17.9 Å². The number of hydrogen-bond acceptors (Lipinski definition) is 3. The number of likely N-dealkylation sites (tertiary alicyclic amines) is 1. The van der Waals surface area contributed by atoms with Crippen LogP contribution in [0.25, 0.3) is 0 Å². The Bertz CT molecular complexity index is 278. The van der Waals surface area contributed by atoms with E-state index < -0.39 is 5.97 Å². The summed E-state index contributed by atoms with van der Waals surface area (Å²) in [4.78, 5) is 26.0. The quantitative estimate of drug-likeness (QED) is 0.752. The molecule has 1 heterocycles. The van der Waals surface area contributed by atoms with E-state index in [1.165, 1.54) is 0 Å². The number of nitrogens with zero attached hydrogens (tertiary/aromatic N) is 2. The third-order valence-corrected chi connectivity index (χ3v) is 3.20. The predicted octanol–water partition coefficient (Wildman–Crippen LogP) is 0.260. The van der Waals surface area contributed by atoms with Crippen LogP contribution >= 0.6 is 0 Å². The van der Waals surface area contributed by atoms with Crippen molar-refractivity contribution in [3.8, 4) is 0 Å². The zero-order valence-corrected chi connectivity index (χ0v) is 10.1. The van der Waals surface area contributed by atoms with Gasteiger partial charge in [-0.25, -0.2) is 0 Å². The number of amides is 1. The van der Waals surface area contributed by atoms with Crippen LogP contribution in [-0.4, -0.2) is 60.0 Å². The largest absolute Gasteiger partial charge is 0.481 e. The fourth-order valence-electron chi connectivity index (χ4n) is 2.00. The van der Waals surface area contributed by atoms with Gasteiger partial charge in [-0.15, -0.1) is 0 Å². The average molecular weight is 228 g/mol. The van der Waals surface area contributed by atoms with Gasteiger partial charge in [-0.2, -0.15) is 0 Å². The number of hydrogen-bond donors (Lipinski definition) is 1. The lowest BCUT2D eigenvalue weighted by Gasteiger charge is -2.36. The first-order chi connectivity index (χ1) is 7.41. The van der Waals surface area contributed by atoms with Crippen LogP contribution in [-0.2, 0) is 9.59 Å². The number of likely N-dealkylation sites (N-methyl/N-ethyl adjacent to an activating group) is 1. The van der Waals surface area contributed by atoms with Gasteiger partial charge in [0.25, 0.3) is 0 Å². The van der Waals surface area contributed by atoms with Gasteiger partial charge < -0.3 is 10.0 Å². The second-order valence-corrected chi connectivity index (χ2v) is 4.67. The Kier molecular flexibility index (Phi) is 4.29. The van der Waals surface area contributed by atoms with Crippen LogP contribution in [0.4, 0.5) is 0 Å². The first-order valence-electron chi connectivity index (χ1n) is 5.58. The molecule has 2 atom stereocenters. The van der Waals surface area contributed by atoms with E-state index >= 15 is 0 Å². The molecule has 0 aliphatic carbocycles. The van der Waals surface area contributed by atoms with E-state index in [0.717, 1.165) is 0 Å². The highest BCUT2D eigenvalue weighted by Crippen LogP contribution is 2.22. The van der Waals surface area contributed by atoms with Crippen molar-refractivity contribution >= 4 is 11.9 Å². The molecule has 1 aliphatic heterocycles. The van der Waals surface area contributed by atoms with E-state index in [9.17, 15) is 9.59 Å². The van der Waals surface area contributed by atoms with E-state index in [0.29, 0.717) is 25.9 Å². The Labute approximate surface area is 96.0 Å². The van der Waals surface area contributed by atoms with Crippen molar-refractivity contribution in [3.63, 3.8) is 0 Å². The Morgan fingerprint density at radius 2 is 2.06 bits per heavy atom. The molecule has 0 saturated carbocycles. The molecule has 92 valence electrons. The van der Waals surface area contributed by atoms with Gasteiger partial charge in [0.1, 0.15) is 0 Å². The molecule has 0 radical (unpaired) electrons. The maximum Gasteiger partial charge on any atom is 0.306 e. The lowest BCUT2D eigenvalue weighted by atomic mass is 9.92. The van der Waals surface area contributed by atoms with Crippen molar-refractivity contribution in [2.75, 3.05) is 27.2 Å². The number of piperidine rings is 1. The molecule has 5 nitrogen and oxygen atoms in total. The average Bonchev–Trinajstić information content (AvgIpc) is 2.20. The first-order valence-corrected chi connectivity index (χ1v) is 5.58. The first kappa shape index (κ1) is 13.0. The summed E-state index contributed by atoms with van der Waals surface area (Å²) < 4.78 is 0. The summed E-state index contributed by atoms with van der Waals surface area (Å²) in [5.74, 6) is -0.897. The minimum Gasteiger partial charge on any atom is -0.481 e. The van der Waals surface area contributed by atoms with Gasteiger partial charge in [0.15, 0.2) is 0 Å². The molecule has 1 fully saturated rings. The Balaban J connectivity index is 2.48. The Morgan fingerprint density at radius 3 is 2.50 bits per heavy atom. The molecule has 0 aromatic heterocycles. The normalized spacial score (nSPS) is 26.4. The second-order valence-electron chi connectivity index (χ2n) is 4.67. The zero-order chi connectivity index (χ0) is 12.3. The zero-order valence-electron chi connectivity index (χ0n) is 10.1. The molecular formula is C11H20N2O3. The van der Waals surface area contributed by atoms with E-state index in [2.05, 4.69) is 4.90 Å². The Hall–Kier alpha value is -1.10. The van der Waals surface area contributed by atoms with Crippen molar-refractivity contribution in [2.24, 2.45) is 5.92 Å². The molecule has 1 saturated heterocycles. The summed E-state index contributed by atoms with van der Waals surface area (Å²) in [5, 5.41) is 8.92. The van der Waals surface area contributed by atoms with E-state index in [1.54, 1.807) is 19.0 Å². The van der Waals surface area contributed by atoms with Gasteiger partial charge in [-0.3, -0.25) is 14.5 Å². The van der Waals surface area contributed by atoms with Crippen LogP contribution in [0.1, 0.15) is 19.8 Å². The fourth-order valence-corrected chi connectivity index (χ4v) is 2.00. The molecule has 1 N–H and O–H groups in total. The molecule has 2 unspecified atom stereocenters. The van der Waals surface area contributed by atoms with Gasteiger partial charge in [-0.05, 0) is 26.3 Å². The monoisotopic (exact) mass is 228 g/mol. The van der Waals surface area contributed by atoms with Gasteiger partial charge in [0.2, 0.25) is 5.91 Å². The maximum absolute atomic E-state index is 11.5. The van der Waals surface area contributed by atoms with Crippen LogP contribution in [0.2, 0.25) is 0 Å². The third kappa shape index (κ3) is 3.20. The highest BCUT2D eigenvalue weighted by atomic mass is 16.4. The molecular weight excluding hydrogens is 208 g/mol. The fraction of sp³-hybridized carbons (Fsp3) is 0.818. The summed E-state index contributed by atoms with van der Waals surface area (Å²) in [6.45, 7) is 3.07. The molecule has 1 aliphatic rings. The second kappa shape index (κ2) is 5.30. The maximum atomic E-state index is 11.5. The number of carbonyl (C=O) groups excluding carboxylic acids is 1. The minimum atomic E-state index is -0.717. The van der Waals surface area contributed by atoms with Gasteiger partial charge in [-0.1, -0.05) is 0 Å². The molecule has 1 rings (SSSR count). The smallest absolute Gasteiger partial charge is 0.306 e. The Morgan fingerprint density at radius 1 is 1.44 bits per heavy atom. The summed E-state index contributed by atoms with van der Waals surface area (Å²) in [6.07, 6.45) is 1.27. The number of aliphatic carboxylic acids is 1. The summed E-state index contributed by atoms with van der Waals surface area (Å²) >= 11 is 0. The van der Waals surface area contributed by atoms with Crippen molar-refractivity contribution in [1.82, 2.24) is 9.80 Å². The predicted molar refractivity (Wildman–Crippen MR) is 60.1 cm³/mol.